The molecule has 3 amide bonds. The molecule has 25 heavy (non-hydrogen) atoms. The van der Waals surface area contributed by atoms with Gasteiger partial charge in [-0.25, -0.2) is 9.59 Å². The Morgan fingerprint density at radius 2 is 2.12 bits per heavy atom. The minimum absolute atomic E-state index is 0.0470. The normalized spacial score (nSPS) is 33.2. The molecule has 0 aromatic heterocycles. The predicted octanol–water partition coefficient (Wildman–Crippen LogP) is -1.07. The minimum Gasteiger partial charge on any atom is -0.477 e. The smallest absolute Gasteiger partial charge is 0.352 e. The van der Waals surface area contributed by atoms with Gasteiger partial charge in [0.2, 0.25) is 5.91 Å². The van der Waals surface area contributed by atoms with Gasteiger partial charge in [-0.2, -0.15) is 0 Å². The van der Waals surface area contributed by atoms with E-state index in [1.165, 1.54) is 4.90 Å². The maximum atomic E-state index is 12.3. The Bertz CT molecular complexity index is 646. The molecule has 9 nitrogen and oxygen atoms in total. The fourth-order valence-corrected chi connectivity index (χ4v) is 4.39. The van der Waals surface area contributed by atoms with Gasteiger partial charge in [0.1, 0.15) is 5.70 Å². The number of nitrogens with zero attached hydrogens (tertiary/aromatic N) is 2. The lowest BCUT2D eigenvalue weighted by atomic mass is 9.77. The number of carbonyl (C=O) groups excluding carboxylic acids is 2. The Kier molecular flexibility index (Phi) is 4.46. The summed E-state index contributed by atoms with van der Waals surface area (Å²) in [5, 5.41) is 22.1. The van der Waals surface area contributed by atoms with Crippen molar-refractivity contribution in [3.8, 4) is 0 Å². The van der Waals surface area contributed by atoms with Gasteiger partial charge in [-0.3, -0.25) is 9.69 Å². The molecule has 3 aliphatic heterocycles. The highest BCUT2D eigenvalue weighted by Gasteiger charge is 2.59. The number of aliphatic hydroxyl groups is 1. The summed E-state index contributed by atoms with van der Waals surface area (Å²) in [4.78, 5) is 38.4. The summed E-state index contributed by atoms with van der Waals surface area (Å²) in [5.41, 5.74) is 5.89. The first kappa shape index (κ1) is 17.7. The Balaban J connectivity index is 1.77. The molecule has 9 heteroatoms. The number of amides is 3. The number of urea groups is 1. The van der Waals surface area contributed by atoms with Crippen LogP contribution in [0.15, 0.2) is 11.3 Å². The predicted molar refractivity (Wildman–Crippen MR) is 87.2 cm³/mol. The lowest BCUT2D eigenvalue weighted by Crippen LogP contribution is -2.63. The molecule has 0 aromatic carbocycles. The molecule has 0 radical (unpaired) electrons. The van der Waals surface area contributed by atoms with E-state index < -0.39 is 24.0 Å². The van der Waals surface area contributed by atoms with E-state index in [-0.39, 0.29) is 29.6 Å². The number of carbonyl (C=O) groups is 3. The van der Waals surface area contributed by atoms with Crippen molar-refractivity contribution < 1.29 is 24.6 Å². The highest BCUT2D eigenvalue weighted by molar-refractivity contribution is 6.00. The molecule has 5 N–H and O–H groups in total. The second-order valence-corrected chi connectivity index (χ2v) is 7.16. The number of carboxylic acids is 1. The number of primary amides is 1. The third-order valence-corrected chi connectivity index (χ3v) is 5.53. The van der Waals surface area contributed by atoms with Crippen molar-refractivity contribution in [3.05, 3.63) is 11.3 Å². The maximum absolute atomic E-state index is 12.3. The van der Waals surface area contributed by atoms with Crippen LogP contribution in [0.5, 0.6) is 0 Å². The number of nitrogens with two attached hydrogens (primary N) is 1. The number of likely N-dealkylation sites (tertiary alicyclic amines) is 1. The van der Waals surface area contributed by atoms with Crippen molar-refractivity contribution >= 4 is 17.9 Å². The van der Waals surface area contributed by atoms with Gasteiger partial charge >= 0.3 is 12.0 Å². The number of β-lactam (4-membered cyclic amide) rings is 1. The molecule has 0 unspecified atom stereocenters. The lowest BCUT2D eigenvalue weighted by Gasteiger charge is -2.46. The zero-order valence-electron chi connectivity index (χ0n) is 14.3. The molecule has 2 saturated heterocycles. The summed E-state index contributed by atoms with van der Waals surface area (Å²) < 4.78 is 0. The number of aliphatic carboxylic acids is 1. The molecule has 138 valence electrons. The molecule has 0 spiro atoms. The molecule has 0 aromatic rings. The van der Waals surface area contributed by atoms with E-state index in [0.717, 1.165) is 6.42 Å². The van der Waals surface area contributed by atoms with Gasteiger partial charge in [0, 0.05) is 31.6 Å². The van der Waals surface area contributed by atoms with E-state index in [2.05, 4.69) is 10.2 Å². The van der Waals surface area contributed by atoms with Crippen molar-refractivity contribution in [2.45, 2.75) is 38.5 Å². The maximum Gasteiger partial charge on any atom is 0.352 e. The highest BCUT2D eigenvalue weighted by Crippen LogP contribution is 2.47. The van der Waals surface area contributed by atoms with E-state index in [1.807, 2.05) is 6.92 Å². The Morgan fingerprint density at radius 1 is 1.44 bits per heavy atom. The molecular formula is C16H24N4O5. The summed E-state index contributed by atoms with van der Waals surface area (Å²) in [6, 6.07) is -0.913. The van der Waals surface area contributed by atoms with Crippen LogP contribution in [0.4, 0.5) is 4.79 Å². The quantitative estimate of drug-likeness (QED) is 0.465. The van der Waals surface area contributed by atoms with Gasteiger partial charge in [0.05, 0.1) is 18.1 Å². The van der Waals surface area contributed by atoms with E-state index in [1.54, 1.807) is 6.92 Å². The average molecular weight is 352 g/mol. The molecule has 3 heterocycles. The topological polar surface area (TPSA) is 136 Å². The molecular weight excluding hydrogens is 328 g/mol. The molecule has 0 bridgehead atoms. The van der Waals surface area contributed by atoms with E-state index >= 15 is 0 Å². The third-order valence-electron chi connectivity index (χ3n) is 5.53. The van der Waals surface area contributed by atoms with Crippen LogP contribution in [-0.2, 0) is 9.59 Å². The van der Waals surface area contributed by atoms with Crippen LogP contribution in [0.3, 0.4) is 0 Å². The van der Waals surface area contributed by atoms with Crippen LogP contribution < -0.4 is 11.1 Å². The van der Waals surface area contributed by atoms with Gasteiger partial charge < -0.3 is 26.2 Å². The van der Waals surface area contributed by atoms with Crippen molar-refractivity contribution in [1.29, 1.82) is 0 Å². The molecule has 5 atom stereocenters. The van der Waals surface area contributed by atoms with Crippen LogP contribution >= 0.6 is 0 Å². The minimum atomic E-state index is -1.12. The second-order valence-electron chi connectivity index (χ2n) is 7.16. The number of aliphatic hydroxyl groups excluding tert-OH is 1. The van der Waals surface area contributed by atoms with Gasteiger partial charge in [0.15, 0.2) is 0 Å². The molecule has 3 aliphatic rings. The lowest BCUT2D eigenvalue weighted by molar-refractivity contribution is -0.163. The second kappa shape index (κ2) is 6.30. The first-order chi connectivity index (χ1) is 11.7. The first-order valence-electron chi connectivity index (χ1n) is 8.48. The molecule has 3 rings (SSSR count). The summed E-state index contributed by atoms with van der Waals surface area (Å²) >= 11 is 0. The molecule has 0 aliphatic carbocycles. The van der Waals surface area contributed by atoms with Crippen molar-refractivity contribution in [3.63, 3.8) is 0 Å². The van der Waals surface area contributed by atoms with Crippen LogP contribution in [0, 0.1) is 11.8 Å². The SMILES string of the molecule is C[C@@H](O)[C@@H]1C(=O)N2C(C(=O)O)=C(CN3CC[C@H](NC(N)=O)C3)[C@H](C)[C@H]12. The average Bonchev–Trinajstić information content (AvgIpc) is 3.01. The Hall–Kier alpha value is -2.13. The number of nitrogens with one attached hydrogen (secondary N) is 1. The van der Waals surface area contributed by atoms with Gasteiger partial charge in [-0.15, -0.1) is 0 Å². The van der Waals surface area contributed by atoms with Gasteiger partial charge in [-0.05, 0) is 18.9 Å². The van der Waals surface area contributed by atoms with Gasteiger partial charge in [0.25, 0.3) is 0 Å². The zero-order valence-corrected chi connectivity index (χ0v) is 14.3. The van der Waals surface area contributed by atoms with Crippen molar-refractivity contribution in [1.82, 2.24) is 15.1 Å². The fourth-order valence-electron chi connectivity index (χ4n) is 4.39. The van der Waals surface area contributed by atoms with Gasteiger partial charge in [-0.1, -0.05) is 6.92 Å². The van der Waals surface area contributed by atoms with Crippen LogP contribution in [0.2, 0.25) is 0 Å². The summed E-state index contributed by atoms with van der Waals surface area (Å²) in [5.74, 6) is -2.13. The highest BCUT2D eigenvalue weighted by atomic mass is 16.4. The van der Waals surface area contributed by atoms with Crippen LogP contribution in [0.1, 0.15) is 20.3 Å². The number of carboxylic acid groups (broad SMARTS) is 1. The third kappa shape index (κ3) is 2.87. The zero-order chi connectivity index (χ0) is 18.5. The Labute approximate surface area is 145 Å². The summed E-state index contributed by atoms with van der Waals surface area (Å²) in [6.07, 6.45) is -0.0587. The molecule has 2 fully saturated rings. The standard InChI is InChI=1S/C16H24N4O5/c1-7-10(6-19-4-3-9(5-19)18-16(17)25)13(15(23)24)20-12(7)11(8(2)21)14(20)22/h7-9,11-12,21H,3-6H2,1-2H3,(H,23,24)(H3,17,18,25)/t7-,8+,9-,11-,12+/m0/s1. The first-order valence-corrected chi connectivity index (χ1v) is 8.48. The summed E-state index contributed by atoms with van der Waals surface area (Å²) in [7, 11) is 0. The van der Waals surface area contributed by atoms with Crippen molar-refractivity contribution in [2.75, 3.05) is 19.6 Å². The van der Waals surface area contributed by atoms with Crippen molar-refractivity contribution in [2.24, 2.45) is 17.6 Å². The van der Waals surface area contributed by atoms with Crippen LogP contribution in [-0.4, -0.2) is 75.7 Å². The Morgan fingerprint density at radius 3 is 2.68 bits per heavy atom. The van der Waals surface area contributed by atoms with E-state index in [4.69, 9.17) is 5.73 Å². The monoisotopic (exact) mass is 352 g/mol. The largest absolute Gasteiger partial charge is 0.477 e. The van der Waals surface area contributed by atoms with E-state index in [0.29, 0.717) is 25.2 Å². The van der Waals surface area contributed by atoms with Crippen LogP contribution in [0.25, 0.3) is 0 Å². The molecule has 0 saturated carbocycles. The number of rotatable bonds is 5. The summed E-state index contributed by atoms with van der Waals surface area (Å²) in [6.45, 7) is 5.19. The number of hydrogen-bond acceptors (Lipinski definition) is 5. The number of hydrogen-bond donors (Lipinski definition) is 4. The fraction of sp³-hybridized carbons (Fsp3) is 0.688. The van der Waals surface area contributed by atoms with E-state index in [9.17, 15) is 24.6 Å². The number of fused-ring (bicyclic) bond motifs is 1.